The number of phosphoric ester groups is 1. The maximum Gasteiger partial charge on any atom is 0.306 e. The molecule has 0 spiro atoms. The van der Waals surface area contributed by atoms with Crippen molar-refractivity contribution in [2.45, 2.75) is 136 Å². The van der Waals surface area contributed by atoms with Crippen molar-refractivity contribution >= 4 is 19.8 Å². The normalized spacial score (nSPS) is 14.4. The van der Waals surface area contributed by atoms with Gasteiger partial charge in [0.15, 0.2) is 6.10 Å². The monoisotopic (exact) mass is 723 g/mol. The molecule has 0 fully saturated rings. The van der Waals surface area contributed by atoms with Gasteiger partial charge < -0.3 is 27.9 Å². The molecule has 1 unspecified atom stereocenters. The molecule has 0 saturated carbocycles. The van der Waals surface area contributed by atoms with Crippen molar-refractivity contribution < 1.29 is 42.1 Å². The second-order valence-electron chi connectivity index (χ2n) is 13.6. The first-order valence-electron chi connectivity index (χ1n) is 19.0. The molecule has 0 aromatic carbocycles. The third kappa shape index (κ3) is 35.5. The Labute approximate surface area is 305 Å². The number of hydrogen-bond donors (Lipinski definition) is 0. The topological polar surface area (TPSA) is 111 Å². The summed E-state index contributed by atoms with van der Waals surface area (Å²) in [5.41, 5.74) is 0. The van der Waals surface area contributed by atoms with E-state index in [0.717, 1.165) is 70.6 Å². The van der Waals surface area contributed by atoms with Crippen molar-refractivity contribution in [1.29, 1.82) is 0 Å². The van der Waals surface area contributed by atoms with E-state index < -0.39 is 32.5 Å². The van der Waals surface area contributed by atoms with Crippen LogP contribution >= 0.6 is 7.82 Å². The molecule has 2 atom stereocenters. The fourth-order valence-corrected chi connectivity index (χ4v) is 5.29. The van der Waals surface area contributed by atoms with Gasteiger partial charge in [0, 0.05) is 12.8 Å². The predicted molar refractivity (Wildman–Crippen MR) is 203 cm³/mol. The lowest BCUT2D eigenvalue weighted by molar-refractivity contribution is -0.870. The first kappa shape index (κ1) is 47.7. The largest absolute Gasteiger partial charge is 0.756 e. The standard InChI is InChI=1S/C40H70NO8P/c1-6-8-10-12-14-15-16-17-18-19-20-21-22-23-24-25-27-28-30-32-39(42)46-36-38(37-48-50(44,45)47-35-34-41(3,4)5)49-40(43)33-31-29-26-13-11-9-7-2/h8,10,14-15,17-18,20-21,23-24,38H,6-7,9,11-13,16,19,22,25-37H2,1-5H3/b10-8+,15-14+,18-17+,21-20+,24-23+/t38-/m0/s1. The lowest BCUT2D eigenvalue weighted by Gasteiger charge is -2.28. The van der Waals surface area contributed by atoms with E-state index in [1.807, 2.05) is 21.1 Å². The fraction of sp³-hybridized carbons (Fsp3) is 0.700. The molecule has 10 heteroatoms. The number of carbonyl (C=O) groups is 2. The molecule has 0 N–H and O–H groups in total. The second kappa shape index (κ2) is 32.6. The fourth-order valence-electron chi connectivity index (χ4n) is 4.56. The number of carbonyl (C=O) groups excluding carboxylic acids is 2. The molecule has 0 aromatic heterocycles. The van der Waals surface area contributed by atoms with Crippen molar-refractivity contribution in [3.8, 4) is 0 Å². The zero-order valence-corrected chi connectivity index (χ0v) is 33.0. The number of allylic oxidation sites excluding steroid dienone is 10. The maximum absolute atomic E-state index is 12.5. The molecule has 50 heavy (non-hydrogen) atoms. The number of ether oxygens (including phenoxy) is 2. The Morgan fingerprint density at radius 1 is 0.640 bits per heavy atom. The molecule has 0 aliphatic heterocycles. The highest BCUT2D eigenvalue weighted by Crippen LogP contribution is 2.38. The highest BCUT2D eigenvalue weighted by Gasteiger charge is 2.21. The molecular formula is C40H70NO8P. The average Bonchev–Trinajstić information content (AvgIpc) is 3.06. The number of nitrogens with zero attached hydrogens (tertiary/aromatic N) is 1. The smallest absolute Gasteiger partial charge is 0.306 e. The van der Waals surface area contributed by atoms with Gasteiger partial charge in [-0.25, -0.2) is 0 Å². The summed E-state index contributed by atoms with van der Waals surface area (Å²) < 4.78 is 33.6. The van der Waals surface area contributed by atoms with Gasteiger partial charge in [-0.2, -0.15) is 0 Å². The van der Waals surface area contributed by atoms with Gasteiger partial charge in [0.1, 0.15) is 19.8 Å². The summed E-state index contributed by atoms with van der Waals surface area (Å²) in [5, 5.41) is 0. The van der Waals surface area contributed by atoms with Crippen LogP contribution in [-0.2, 0) is 32.7 Å². The van der Waals surface area contributed by atoms with E-state index in [4.69, 9.17) is 18.5 Å². The minimum Gasteiger partial charge on any atom is -0.756 e. The van der Waals surface area contributed by atoms with Crippen molar-refractivity contribution in [2.75, 3.05) is 47.5 Å². The van der Waals surface area contributed by atoms with Crippen molar-refractivity contribution in [3.63, 3.8) is 0 Å². The summed E-state index contributed by atoms with van der Waals surface area (Å²) in [6, 6.07) is 0. The van der Waals surface area contributed by atoms with Gasteiger partial charge in [0.2, 0.25) is 0 Å². The highest BCUT2D eigenvalue weighted by molar-refractivity contribution is 7.45. The lowest BCUT2D eigenvalue weighted by atomic mass is 10.1. The predicted octanol–water partition coefficient (Wildman–Crippen LogP) is 9.49. The van der Waals surface area contributed by atoms with Crippen LogP contribution < -0.4 is 4.89 Å². The summed E-state index contributed by atoms with van der Waals surface area (Å²) in [6.07, 6.45) is 37.0. The lowest BCUT2D eigenvalue weighted by Crippen LogP contribution is -2.37. The Balaban J connectivity index is 4.40. The Hall–Kier alpha value is -2.29. The van der Waals surface area contributed by atoms with Crippen molar-refractivity contribution in [2.24, 2.45) is 0 Å². The van der Waals surface area contributed by atoms with E-state index >= 15 is 0 Å². The molecule has 0 saturated heterocycles. The number of rotatable bonds is 33. The second-order valence-corrected chi connectivity index (χ2v) is 15.0. The van der Waals surface area contributed by atoms with Crippen LogP contribution in [0.4, 0.5) is 0 Å². The van der Waals surface area contributed by atoms with E-state index in [-0.39, 0.29) is 26.1 Å². The number of phosphoric acid groups is 1. The van der Waals surface area contributed by atoms with Crippen LogP contribution in [0.1, 0.15) is 129 Å². The zero-order valence-electron chi connectivity index (χ0n) is 32.1. The van der Waals surface area contributed by atoms with Crippen LogP contribution in [0.3, 0.4) is 0 Å². The van der Waals surface area contributed by atoms with Crippen LogP contribution in [0.15, 0.2) is 60.8 Å². The average molecular weight is 724 g/mol. The minimum atomic E-state index is -4.62. The molecule has 0 radical (unpaired) electrons. The number of esters is 2. The summed E-state index contributed by atoms with van der Waals surface area (Å²) in [5.74, 6) is -0.887. The summed E-state index contributed by atoms with van der Waals surface area (Å²) in [6.45, 7) is 3.98. The number of quaternary nitrogens is 1. The van der Waals surface area contributed by atoms with Crippen molar-refractivity contribution in [3.05, 3.63) is 60.8 Å². The zero-order chi connectivity index (χ0) is 37.2. The Morgan fingerprint density at radius 3 is 1.70 bits per heavy atom. The SMILES string of the molecule is CC/C=C/C/C=C/C/C=C/C/C=C/C/C=C/CCCCCC(=O)OC[C@@H](COP(=O)([O-])OCC[N+](C)(C)C)OC(=O)CCCCCCCCC. The summed E-state index contributed by atoms with van der Waals surface area (Å²) in [4.78, 5) is 37.2. The molecule has 0 aliphatic rings. The van der Waals surface area contributed by atoms with Gasteiger partial charge in [-0.3, -0.25) is 14.2 Å². The quantitative estimate of drug-likeness (QED) is 0.0217. The van der Waals surface area contributed by atoms with E-state index in [9.17, 15) is 19.0 Å². The van der Waals surface area contributed by atoms with Gasteiger partial charge in [-0.15, -0.1) is 0 Å². The Bertz CT molecular complexity index is 1040. The van der Waals surface area contributed by atoms with E-state index in [1.165, 1.54) is 19.3 Å². The summed E-state index contributed by atoms with van der Waals surface area (Å²) in [7, 11) is 1.13. The van der Waals surface area contributed by atoms with E-state index in [0.29, 0.717) is 23.9 Å². The van der Waals surface area contributed by atoms with E-state index in [2.05, 4.69) is 74.6 Å². The maximum atomic E-state index is 12.5. The third-order valence-electron chi connectivity index (χ3n) is 7.55. The van der Waals surface area contributed by atoms with Gasteiger partial charge in [-0.1, -0.05) is 120 Å². The van der Waals surface area contributed by atoms with Crippen LogP contribution in [0.2, 0.25) is 0 Å². The van der Waals surface area contributed by atoms with Crippen LogP contribution in [-0.4, -0.2) is 70.0 Å². The van der Waals surface area contributed by atoms with Gasteiger partial charge in [0.25, 0.3) is 7.82 Å². The van der Waals surface area contributed by atoms with E-state index in [1.54, 1.807) is 0 Å². The van der Waals surface area contributed by atoms with Crippen LogP contribution in [0.5, 0.6) is 0 Å². The van der Waals surface area contributed by atoms with Crippen LogP contribution in [0, 0.1) is 0 Å². The first-order valence-corrected chi connectivity index (χ1v) is 20.5. The Morgan fingerprint density at radius 2 is 1.14 bits per heavy atom. The van der Waals surface area contributed by atoms with Crippen LogP contribution in [0.25, 0.3) is 0 Å². The molecular weight excluding hydrogens is 653 g/mol. The Kier molecular flexibility index (Phi) is 31.1. The molecule has 288 valence electrons. The number of unbranched alkanes of at least 4 members (excludes halogenated alkanes) is 9. The molecule has 0 bridgehead atoms. The van der Waals surface area contributed by atoms with Crippen molar-refractivity contribution in [1.82, 2.24) is 0 Å². The molecule has 0 heterocycles. The molecule has 0 aromatic rings. The highest BCUT2D eigenvalue weighted by atomic mass is 31.2. The molecule has 9 nitrogen and oxygen atoms in total. The first-order chi connectivity index (χ1) is 24.0. The number of likely N-dealkylation sites (N-methyl/N-ethyl adjacent to an activating group) is 1. The molecule has 0 aliphatic carbocycles. The molecule has 0 rings (SSSR count). The molecule has 0 amide bonds. The summed E-state index contributed by atoms with van der Waals surface area (Å²) >= 11 is 0. The van der Waals surface area contributed by atoms with Gasteiger partial charge in [0.05, 0.1) is 27.7 Å². The third-order valence-corrected chi connectivity index (χ3v) is 8.52. The number of hydrogen-bond acceptors (Lipinski definition) is 8. The van der Waals surface area contributed by atoms with Gasteiger partial charge in [-0.05, 0) is 57.8 Å². The minimum absolute atomic E-state index is 0.0386. The van der Waals surface area contributed by atoms with Gasteiger partial charge >= 0.3 is 11.9 Å².